The van der Waals surface area contributed by atoms with Crippen LogP contribution in [-0.2, 0) is 17.6 Å². The number of hydrogen-bond acceptors (Lipinski definition) is 6. The van der Waals surface area contributed by atoms with Crippen LogP contribution in [0, 0.1) is 5.92 Å². The van der Waals surface area contributed by atoms with Crippen LogP contribution in [-0.4, -0.2) is 45.8 Å². The lowest BCUT2D eigenvalue weighted by atomic mass is 10.0. The molecule has 0 N–H and O–H groups in total. The predicted octanol–water partition coefficient (Wildman–Crippen LogP) is 4.69. The van der Waals surface area contributed by atoms with Crippen LogP contribution in [0.4, 0.5) is 0 Å². The quantitative estimate of drug-likeness (QED) is 0.376. The maximum Gasteiger partial charge on any atom is 0.267 e. The van der Waals surface area contributed by atoms with E-state index in [1.165, 1.54) is 28.6 Å². The van der Waals surface area contributed by atoms with Gasteiger partial charge in [-0.15, -0.1) is 11.3 Å². The number of aromatic nitrogens is 2. The molecule has 1 amide bonds. The maximum absolute atomic E-state index is 13.8. The van der Waals surface area contributed by atoms with Gasteiger partial charge in [-0.05, 0) is 74.8 Å². The molecule has 5 rings (SSSR count). The van der Waals surface area contributed by atoms with E-state index in [4.69, 9.17) is 9.72 Å². The molecule has 1 fully saturated rings. The molecule has 174 valence electrons. The van der Waals surface area contributed by atoms with Crippen molar-refractivity contribution in [1.82, 2.24) is 14.5 Å². The molecule has 33 heavy (non-hydrogen) atoms. The van der Waals surface area contributed by atoms with Gasteiger partial charge in [0.2, 0.25) is 5.91 Å². The summed E-state index contributed by atoms with van der Waals surface area (Å²) >= 11 is 3.00. The number of likely N-dealkylation sites (tertiary alicyclic amines) is 1. The minimum atomic E-state index is -0.0369. The van der Waals surface area contributed by atoms with Crippen LogP contribution in [0.5, 0.6) is 5.75 Å². The highest BCUT2D eigenvalue weighted by Crippen LogP contribution is 2.36. The normalized spacial score (nSPS) is 18.0. The van der Waals surface area contributed by atoms with E-state index in [9.17, 15) is 9.59 Å². The molecule has 0 spiro atoms. The van der Waals surface area contributed by atoms with Gasteiger partial charge in [0.1, 0.15) is 10.6 Å². The number of carbonyl (C=O) groups excluding carboxylic acids is 1. The van der Waals surface area contributed by atoms with Crippen LogP contribution >= 0.6 is 23.1 Å². The number of carbonyl (C=O) groups is 1. The van der Waals surface area contributed by atoms with Crippen molar-refractivity contribution < 1.29 is 9.53 Å². The molecule has 3 heterocycles. The minimum Gasteiger partial charge on any atom is -0.494 e. The molecular weight excluding hydrogens is 454 g/mol. The summed E-state index contributed by atoms with van der Waals surface area (Å²) in [5, 5.41) is 1.33. The fourth-order valence-corrected chi connectivity index (χ4v) is 7.06. The van der Waals surface area contributed by atoms with E-state index in [0.717, 1.165) is 60.4 Å². The second kappa shape index (κ2) is 9.50. The fourth-order valence-electron chi connectivity index (χ4n) is 4.84. The second-order valence-electron chi connectivity index (χ2n) is 8.88. The lowest BCUT2D eigenvalue weighted by Gasteiger charge is -2.30. The molecule has 1 aromatic carbocycles. The van der Waals surface area contributed by atoms with Crippen molar-refractivity contribution in [3.63, 3.8) is 0 Å². The van der Waals surface area contributed by atoms with Crippen LogP contribution in [0.1, 0.15) is 43.6 Å². The van der Waals surface area contributed by atoms with Gasteiger partial charge < -0.3 is 9.64 Å². The van der Waals surface area contributed by atoms with Gasteiger partial charge in [-0.1, -0.05) is 18.7 Å². The molecule has 1 saturated heterocycles. The second-order valence-corrected chi connectivity index (χ2v) is 10.9. The Morgan fingerprint density at radius 3 is 2.82 bits per heavy atom. The number of piperidine rings is 1. The first-order valence-electron chi connectivity index (χ1n) is 11.8. The van der Waals surface area contributed by atoms with Gasteiger partial charge in [-0.3, -0.25) is 14.2 Å². The van der Waals surface area contributed by atoms with E-state index in [2.05, 4.69) is 6.92 Å². The number of aryl methyl sites for hydroxylation is 2. The monoisotopic (exact) mass is 483 g/mol. The van der Waals surface area contributed by atoms with Crippen LogP contribution in [0.3, 0.4) is 0 Å². The average Bonchev–Trinajstić information content (AvgIpc) is 3.39. The third-order valence-corrected chi connectivity index (χ3v) is 8.56. The largest absolute Gasteiger partial charge is 0.494 e. The molecule has 8 heteroatoms. The summed E-state index contributed by atoms with van der Waals surface area (Å²) < 4.78 is 7.25. The maximum atomic E-state index is 13.8. The van der Waals surface area contributed by atoms with E-state index < -0.39 is 0 Å². The lowest BCUT2D eigenvalue weighted by molar-refractivity contribution is -0.130. The molecule has 0 radical (unpaired) electrons. The van der Waals surface area contributed by atoms with E-state index in [1.807, 2.05) is 36.1 Å². The number of hydrogen-bond donors (Lipinski definition) is 0. The van der Waals surface area contributed by atoms with Gasteiger partial charge in [0.05, 0.1) is 23.4 Å². The SMILES string of the molecule is CCOc1ccc(-n2c(SCC(=O)N3CCCC(C)C3)nc3sc4c(c3c2=O)CCC4)cc1. The molecule has 1 atom stereocenters. The number of fused-ring (bicyclic) bond motifs is 3. The number of amides is 1. The van der Waals surface area contributed by atoms with Gasteiger partial charge in [0.25, 0.3) is 5.56 Å². The van der Waals surface area contributed by atoms with E-state index in [0.29, 0.717) is 17.7 Å². The highest BCUT2D eigenvalue weighted by molar-refractivity contribution is 7.99. The zero-order valence-corrected chi connectivity index (χ0v) is 20.8. The first kappa shape index (κ1) is 22.5. The molecule has 1 aliphatic heterocycles. The van der Waals surface area contributed by atoms with Crippen LogP contribution in [0.15, 0.2) is 34.2 Å². The Kier molecular flexibility index (Phi) is 6.47. The summed E-state index contributed by atoms with van der Waals surface area (Å²) in [6.07, 6.45) is 5.29. The van der Waals surface area contributed by atoms with Crippen molar-refractivity contribution in [1.29, 1.82) is 0 Å². The highest BCUT2D eigenvalue weighted by atomic mass is 32.2. The topological polar surface area (TPSA) is 64.4 Å². The zero-order chi connectivity index (χ0) is 22.9. The van der Waals surface area contributed by atoms with Crippen LogP contribution < -0.4 is 10.3 Å². The molecule has 2 aromatic heterocycles. The summed E-state index contributed by atoms with van der Waals surface area (Å²) in [6.45, 7) is 6.37. The van der Waals surface area contributed by atoms with Gasteiger partial charge >= 0.3 is 0 Å². The first-order valence-corrected chi connectivity index (χ1v) is 13.6. The van der Waals surface area contributed by atoms with Crippen molar-refractivity contribution in [2.45, 2.75) is 51.1 Å². The van der Waals surface area contributed by atoms with Crippen molar-refractivity contribution in [2.24, 2.45) is 5.92 Å². The third kappa shape index (κ3) is 4.43. The standard InChI is InChI=1S/C25H29N3O3S2/c1-3-31-18-11-9-17(10-12-18)28-24(30)22-19-7-4-8-20(19)33-23(22)26-25(28)32-15-21(29)27-13-5-6-16(2)14-27/h9-12,16H,3-8,13-15H2,1-2H3. The van der Waals surface area contributed by atoms with Gasteiger partial charge in [-0.25, -0.2) is 4.98 Å². The lowest BCUT2D eigenvalue weighted by Crippen LogP contribution is -2.40. The zero-order valence-electron chi connectivity index (χ0n) is 19.1. The number of thiophene rings is 1. The van der Waals surface area contributed by atoms with Crippen molar-refractivity contribution in [3.8, 4) is 11.4 Å². The molecule has 6 nitrogen and oxygen atoms in total. The molecule has 3 aromatic rings. The molecule has 0 bridgehead atoms. The average molecular weight is 484 g/mol. The van der Waals surface area contributed by atoms with Gasteiger partial charge in [-0.2, -0.15) is 0 Å². The Balaban J connectivity index is 1.51. The summed E-state index contributed by atoms with van der Waals surface area (Å²) in [5.74, 6) is 1.71. The van der Waals surface area contributed by atoms with Crippen molar-refractivity contribution >= 4 is 39.2 Å². The van der Waals surface area contributed by atoms with Gasteiger partial charge in [0, 0.05) is 18.0 Å². The number of ether oxygens (including phenoxy) is 1. The predicted molar refractivity (Wildman–Crippen MR) is 134 cm³/mol. The van der Waals surface area contributed by atoms with Crippen molar-refractivity contribution in [3.05, 3.63) is 45.1 Å². The fraction of sp³-hybridized carbons (Fsp3) is 0.480. The number of rotatable bonds is 6. The Bertz CT molecular complexity index is 1230. The summed E-state index contributed by atoms with van der Waals surface area (Å²) in [7, 11) is 0. The number of thioether (sulfide) groups is 1. The Morgan fingerprint density at radius 1 is 1.24 bits per heavy atom. The van der Waals surface area contributed by atoms with E-state index >= 15 is 0 Å². The molecule has 1 unspecified atom stereocenters. The smallest absolute Gasteiger partial charge is 0.267 e. The number of benzene rings is 1. The summed E-state index contributed by atoms with van der Waals surface area (Å²) in [6, 6.07) is 7.54. The van der Waals surface area contributed by atoms with Crippen LogP contribution in [0.2, 0.25) is 0 Å². The molecular formula is C25H29N3O3S2. The summed E-state index contributed by atoms with van der Waals surface area (Å²) in [5.41, 5.74) is 1.88. The van der Waals surface area contributed by atoms with Crippen molar-refractivity contribution in [2.75, 3.05) is 25.4 Å². The van der Waals surface area contributed by atoms with Crippen LogP contribution in [0.25, 0.3) is 15.9 Å². The Morgan fingerprint density at radius 2 is 2.06 bits per heavy atom. The first-order chi connectivity index (χ1) is 16.0. The molecule has 2 aliphatic rings. The third-order valence-electron chi connectivity index (χ3n) is 6.45. The number of nitrogens with zero attached hydrogens (tertiary/aromatic N) is 3. The Hall–Kier alpha value is -2.32. The summed E-state index contributed by atoms with van der Waals surface area (Å²) in [4.78, 5) is 35.6. The highest BCUT2D eigenvalue weighted by Gasteiger charge is 2.25. The molecule has 1 aliphatic carbocycles. The van der Waals surface area contributed by atoms with E-state index in [-0.39, 0.29) is 17.2 Å². The van der Waals surface area contributed by atoms with E-state index in [1.54, 1.807) is 15.9 Å². The van der Waals surface area contributed by atoms with Gasteiger partial charge in [0.15, 0.2) is 5.16 Å². The Labute approximate surface area is 202 Å². The minimum absolute atomic E-state index is 0.0369. The molecule has 0 saturated carbocycles.